The zero-order valence-corrected chi connectivity index (χ0v) is 35.7. The molecule has 6 atom stereocenters. The molecule has 2 aromatic rings. The maximum absolute atomic E-state index is 16.1. The second-order valence-corrected chi connectivity index (χ2v) is 16.6. The number of halogens is 4. The maximum atomic E-state index is 16.1. The van der Waals surface area contributed by atoms with E-state index < -0.39 is 71.0 Å². The van der Waals surface area contributed by atoms with Crippen LogP contribution < -0.4 is 20.7 Å². The molecule has 3 N–H and O–H groups in total. The summed E-state index contributed by atoms with van der Waals surface area (Å²) in [6.07, 6.45) is 0.429. The van der Waals surface area contributed by atoms with Crippen LogP contribution in [0.3, 0.4) is 0 Å². The fraction of sp³-hybridized carbons (Fsp3) is 0.512. The lowest BCUT2D eigenvalue weighted by molar-refractivity contribution is -0.119. The monoisotopic (exact) mass is 865 g/mol. The first-order valence-electron chi connectivity index (χ1n) is 18.7. The Bertz CT molecular complexity index is 1940. The number of rotatable bonds is 17. The highest BCUT2D eigenvalue weighted by molar-refractivity contribution is 6.30. The standard InChI is InChI=1S/C41H51Cl2F2N5O9/c1-24(59-38(53)56-17-15-40(5,6)57-23-47-22-54-7)58-37(52)25-11-14-30(31(18-25)55-8)48-36(51)33-34(50-16-9-10-28(43)35(50)45)41(21-46,32(49-33)20-39(2,3)4)27-13-12-26(42)19-29(27)44/h9-14,16,18-19,24,32-35,47,49H,15,17,20,22-23H2,1-8H3,(H,48,51)/t24?,32?,33-,34?,35?,41+/m1/s1. The van der Waals surface area contributed by atoms with E-state index in [1.165, 1.54) is 62.7 Å². The molecule has 0 aromatic heterocycles. The molecule has 4 rings (SSSR count). The van der Waals surface area contributed by atoms with Crippen molar-refractivity contribution < 1.29 is 51.6 Å². The molecule has 4 unspecified atom stereocenters. The van der Waals surface area contributed by atoms with Gasteiger partial charge in [0.1, 0.15) is 23.0 Å². The fourth-order valence-corrected chi connectivity index (χ4v) is 7.24. The molecule has 0 aliphatic carbocycles. The van der Waals surface area contributed by atoms with Gasteiger partial charge in [0.25, 0.3) is 0 Å². The van der Waals surface area contributed by atoms with Crippen molar-refractivity contribution in [2.24, 2.45) is 5.41 Å². The molecular formula is C41H51Cl2F2N5O9. The lowest BCUT2D eigenvalue weighted by Crippen LogP contribution is -2.57. The van der Waals surface area contributed by atoms with Crippen molar-refractivity contribution in [3.63, 3.8) is 0 Å². The molecule has 2 aliphatic heterocycles. The average Bonchev–Trinajstić information content (AvgIpc) is 3.47. The van der Waals surface area contributed by atoms with Crippen molar-refractivity contribution >= 4 is 46.9 Å². The van der Waals surface area contributed by atoms with Crippen LogP contribution in [0.1, 0.15) is 70.3 Å². The lowest BCUT2D eigenvalue weighted by atomic mass is 9.67. The number of hydrogen-bond donors (Lipinski definition) is 3. The van der Waals surface area contributed by atoms with Gasteiger partial charge in [-0.15, -0.1) is 0 Å². The second kappa shape index (κ2) is 20.2. The summed E-state index contributed by atoms with van der Waals surface area (Å²) in [5, 5.41) is 19.9. The van der Waals surface area contributed by atoms with Crippen molar-refractivity contribution in [1.29, 1.82) is 5.26 Å². The average molecular weight is 867 g/mol. The number of nitrogens with one attached hydrogen (secondary N) is 3. The summed E-state index contributed by atoms with van der Waals surface area (Å²) in [7, 11) is 2.86. The van der Waals surface area contributed by atoms with E-state index in [1.807, 2.05) is 34.6 Å². The molecule has 2 aromatic carbocycles. The number of alkyl halides is 1. The van der Waals surface area contributed by atoms with Crippen LogP contribution in [0.5, 0.6) is 5.75 Å². The van der Waals surface area contributed by atoms with Crippen molar-refractivity contribution in [1.82, 2.24) is 15.5 Å². The molecule has 18 heteroatoms. The first-order chi connectivity index (χ1) is 27.8. The van der Waals surface area contributed by atoms with Crippen LogP contribution in [-0.4, -0.2) is 93.5 Å². The third-order valence-corrected chi connectivity index (χ3v) is 10.2. The summed E-state index contributed by atoms with van der Waals surface area (Å²) >= 11 is 12.4. The Morgan fingerprint density at radius 2 is 1.80 bits per heavy atom. The molecule has 0 spiro atoms. The number of esters is 1. The van der Waals surface area contributed by atoms with Gasteiger partial charge in [0.15, 0.2) is 0 Å². The Morgan fingerprint density at radius 1 is 1.07 bits per heavy atom. The van der Waals surface area contributed by atoms with Gasteiger partial charge in [0.05, 0.1) is 61.2 Å². The van der Waals surface area contributed by atoms with Crippen molar-refractivity contribution in [2.75, 3.05) is 39.6 Å². The second-order valence-electron chi connectivity index (χ2n) is 15.8. The summed E-state index contributed by atoms with van der Waals surface area (Å²) in [5.41, 5.74) is -2.93. The summed E-state index contributed by atoms with van der Waals surface area (Å²) in [6, 6.07) is 6.61. The van der Waals surface area contributed by atoms with Crippen LogP contribution in [0.15, 0.2) is 59.8 Å². The molecular weight excluding hydrogens is 815 g/mol. The Hall–Kier alpha value is -4.50. The number of ether oxygens (including phenoxy) is 6. The van der Waals surface area contributed by atoms with Crippen molar-refractivity contribution in [3.8, 4) is 11.8 Å². The highest BCUT2D eigenvalue weighted by Crippen LogP contribution is 2.48. The van der Waals surface area contributed by atoms with Gasteiger partial charge in [-0.25, -0.2) is 18.4 Å². The molecule has 0 saturated carbocycles. The number of nitriles is 1. The van der Waals surface area contributed by atoms with E-state index in [9.17, 15) is 19.6 Å². The van der Waals surface area contributed by atoms with Crippen LogP contribution in [0.4, 0.5) is 19.3 Å². The van der Waals surface area contributed by atoms with E-state index in [0.29, 0.717) is 13.2 Å². The highest BCUT2D eigenvalue weighted by Gasteiger charge is 2.63. The molecule has 1 saturated heterocycles. The molecule has 2 aliphatic rings. The normalized spacial score (nSPS) is 22.2. The quantitative estimate of drug-likeness (QED) is 0.0629. The van der Waals surface area contributed by atoms with Gasteiger partial charge >= 0.3 is 12.1 Å². The van der Waals surface area contributed by atoms with E-state index in [0.717, 1.165) is 11.0 Å². The van der Waals surface area contributed by atoms with Gasteiger partial charge in [-0.2, -0.15) is 5.26 Å². The molecule has 59 heavy (non-hydrogen) atoms. The number of methoxy groups -OCH3 is 2. The Balaban J connectivity index is 1.54. The fourth-order valence-electron chi connectivity index (χ4n) is 6.90. The maximum Gasteiger partial charge on any atom is 0.511 e. The molecule has 0 bridgehead atoms. The van der Waals surface area contributed by atoms with E-state index in [2.05, 4.69) is 22.0 Å². The van der Waals surface area contributed by atoms with Gasteiger partial charge in [0, 0.05) is 43.3 Å². The number of carbonyl (C=O) groups is 3. The topological polar surface area (TPSA) is 170 Å². The minimum absolute atomic E-state index is 0.0198. The number of nitrogens with zero attached hydrogens (tertiary/aromatic N) is 2. The highest BCUT2D eigenvalue weighted by atomic mass is 35.5. The Labute approximate surface area is 353 Å². The lowest BCUT2D eigenvalue weighted by Gasteiger charge is -2.43. The van der Waals surface area contributed by atoms with Crippen molar-refractivity contribution in [3.05, 3.63) is 81.7 Å². The van der Waals surface area contributed by atoms with E-state index >= 15 is 8.78 Å². The first-order valence-corrected chi connectivity index (χ1v) is 19.5. The zero-order valence-electron chi connectivity index (χ0n) is 34.2. The predicted octanol–water partition coefficient (Wildman–Crippen LogP) is 7.27. The molecule has 0 radical (unpaired) electrons. The summed E-state index contributed by atoms with van der Waals surface area (Å²) in [4.78, 5) is 40.9. The van der Waals surface area contributed by atoms with Crippen LogP contribution >= 0.6 is 23.2 Å². The number of allylic oxidation sites excluding steroid dienone is 2. The SMILES string of the molecule is COCNCOC(C)(C)CCOC(=O)OC(C)OC(=O)c1ccc(NC(=O)[C@@H]2NC(CC(C)(C)C)[C@](C#N)(c3ccc(Cl)cc3F)C2N2C=CC=C(Cl)C2F)c(OC)c1. The molecule has 1 amide bonds. The molecule has 1 fully saturated rings. The van der Waals surface area contributed by atoms with Crippen LogP contribution in [0.2, 0.25) is 5.02 Å². The molecule has 322 valence electrons. The van der Waals surface area contributed by atoms with Gasteiger partial charge in [0.2, 0.25) is 18.5 Å². The van der Waals surface area contributed by atoms with Gasteiger partial charge in [-0.05, 0) is 68.2 Å². The number of amides is 1. The van der Waals surface area contributed by atoms with Crippen LogP contribution in [-0.2, 0) is 33.9 Å². The number of carbonyl (C=O) groups excluding carboxylic acids is 3. The summed E-state index contributed by atoms with van der Waals surface area (Å²) in [6.45, 7) is 11.3. The van der Waals surface area contributed by atoms with E-state index in [-0.39, 0.29) is 52.4 Å². The summed E-state index contributed by atoms with van der Waals surface area (Å²) in [5.74, 6) is -2.38. The van der Waals surface area contributed by atoms with Gasteiger partial charge < -0.3 is 38.6 Å². The minimum atomic E-state index is -1.98. The van der Waals surface area contributed by atoms with Gasteiger partial charge in [-0.3, -0.25) is 15.4 Å². The largest absolute Gasteiger partial charge is 0.511 e. The van der Waals surface area contributed by atoms with E-state index in [1.54, 1.807) is 7.11 Å². The van der Waals surface area contributed by atoms with Crippen molar-refractivity contribution in [2.45, 2.75) is 96.1 Å². The summed E-state index contributed by atoms with van der Waals surface area (Å²) < 4.78 is 63.7. The number of benzene rings is 2. The van der Waals surface area contributed by atoms with E-state index in [4.69, 9.17) is 51.6 Å². The van der Waals surface area contributed by atoms with Crippen LogP contribution in [0, 0.1) is 22.6 Å². The zero-order chi connectivity index (χ0) is 43.7. The number of hydrogen-bond acceptors (Lipinski definition) is 13. The Morgan fingerprint density at radius 3 is 2.44 bits per heavy atom. The number of anilines is 1. The molecule has 2 heterocycles. The smallest absolute Gasteiger partial charge is 0.495 e. The molecule has 14 nitrogen and oxygen atoms in total. The van der Waals surface area contributed by atoms with Crippen LogP contribution in [0.25, 0.3) is 0 Å². The van der Waals surface area contributed by atoms with Gasteiger partial charge in [-0.1, -0.05) is 50.0 Å². The third-order valence-electron chi connectivity index (χ3n) is 9.66. The minimum Gasteiger partial charge on any atom is -0.495 e. The third kappa shape index (κ3) is 11.8. The first kappa shape index (κ1) is 47.2. The Kier molecular flexibility index (Phi) is 16.1. The predicted molar refractivity (Wildman–Crippen MR) is 216 cm³/mol.